The maximum absolute atomic E-state index is 12.4. The molecular weight excluding hydrogens is 289 g/mol. The van der Waals surface area contributed by atoms with E-state index in [9.17, 15) is 13.2 Å². The van der Waals surface area contributed by atoms with Gasteiger partial charge < -0.3 is 4.74 Å². The first-order valence-electron chi connectivity index (χ1n) is 7.01. The smallest absolute Gasteiger partial charge is 0.376 e. The molecule has 0 spiro atoms. The van der Waals surface area contributed by atoms with Crippen molar-refractivity contribution in [1.29, 1.82) is 0 Å². The summed E-state index contributed by atoms with van der Waals surface area (Å²) in [6.07, 6.45) is 0.126. The van der Waals surface area contributed by atoms with Crippen LogP contribution in [0.1, 0.15) is 23.1 Å². The average Bonchev–Trinajstić information content (AvgIpc) is 2.51. The number of hydrogen-bond donors (Lipinski definition) is 0. The Morgan fingerprint density at radius 2 is 1.59 bits per heavy atom. The van der Waals surface area contributed by atoms with E-state index in [4.69, 9.17) is 4.74 Å². The average molecular weight is 306 g/mol. The largest absolute Gasteiger partial charge is 0.416 e. The SMILES string of the molecule is FC(F)(F)c1ccc(C=CCCOCc2ccccc2)cc1. The van der Waals surface area contributed by atoms with Crippen LogP contribution in [0.25, 0.3) is 6.08 Å². The maximum Gasteiger partial charge on any atom is 0.416 e. The van der Waals surface area contributed by atoms with E-state index in [1.807, 2.05) is 36.4 Å². The van der Waals surface area contributed by atoms with E-state index in [2.05, 4.69) is 0 Å². The molecule has 0 atom stereocenters. The van der Waals surface area contributed by atoms with Gasteiger partial charge in [0.05, 0.1) is 18.8 Å². The summed E-state index contributed by atoms with van der Waals surface area (Å²) < 4.78 is 42.8. The van der Waals surface area contributed by atoms with Gasteiger partial charge in [-0.05, 0) is 29.7 Å². The summed E-state index contributed by atoms with van der Waals surface area (Å²) in [5, 5.41) is 0. The molecule has 4 heteroatoms. The third-order valence-corrected chi connectivity index (χ3v) is 3.09. The predicted octanol–water partition coefficient (Wildman–Crippen LogP) is 5.33. The van der Waals surface area contributed by atoms with Crippen LogP contribution in [-0.4, -0.2) is 6.61 Å². The van der Waals surface area contributed by atoms with Crippen molar-refractivity contribution in [2.24, 2.45) is 0 Å². The van der Waals surface area contributed by atoms with Crippen molar-refractivity contribution >= 4 is 6.08 Å². The highest BCUT2D eigenvalue weighted by molar-refractivity contribution is 5.49. The van der Waals surface area contributed by atoms with Crippen LogP contribution in [-0.2, 0) is 17.5 Å². The van der Waals surface area contributed by atoms with Gasteiger partial charge in [0.1, 0.15) is 0 Å². The Kier molecular flexibility index (Phi) is 5.78. The van der Waals surface area contributed by atoms with E-state index in [0.717, 1.165) is 23.3 Å². The van der Waals surface area contributed by atoms with Gasteiger partial charge in [-0.25, -0.2) is 0 Å². The Labute approximate surface area is 128 Å². The summed E-state index contributed by atoms with van der Waals surface area (Å²) in [6, 6.07) is 15.0. The molecule has 22 heavy (non-hydrogen) atoms. The summed E-state index contributed by atoms with van der Waals surface area (Å²) in [5.41, 5.74) is 1.24. The molecule has 0 N–H and O–H groups in total. The molecular formula is C18H17F3O. The Hall–Kier alpha value is -2.07. The van der Waals surface area contributed by atoms with Crippen LogP contribution < -0.4 is 0 Å². The third-order valence-electron chi connectivity index (χ3n) is 3.09. The fourth-order valence-electron chi connectivity index (χ4n) is 1.92. The zero-order chi connectivity index (χ0) is 15.8. The van der Waals surface area contributed by atoms with E-state index in [-0.39, 0.29) is 0 Å². The molecule has 0 aliphatic rings. The van der Waals surface area contributed by atoms with E-state index in [0.29, 0.717) is 19.6 Å². The minimum atomic E-state index is -4.28. The zero-order valence-corrected chi connectivity index (χ0v) is 12.0. The fourth-order valence-corrected chi connectivity index (χ4v) is 1.92. The van der Waals surface area contributed by atoms with Crippen LogP contribution in [0.2, 0.25) is 0 Å². The number of rotatable bonds is 6. The summed E-state index contributed by atoms with van der Waals surface area (Å²) >= 11 is 0. The summed E-state index contributed by atoms with van der Waals surface area (Å²) in [7, 11) is 0. The first kappa shape index (κ1) is 16.3. The molecule has 1 nitrogen and oxygen atoms in total. The molecule has 0 amide bonds. The van der Waals surface area contributed by atoms with Crippen LogP contribution in [0.15, 0.2) is 60.7 Å². The molecule has 0 aliphatic heterocycles. The molecule has 2 rings (SSSR count). The second kappa shape index (κ2) is 7.80. The lowest BCUT2D eigenvalue weighted by Gasteiger charge is -2.06. The van der Waals surface area contributed by atoms with Crippen LogP contribution in [0.5, 0.6) is 0 Å². The first-order chi connectivity index (χ1) is 10.6. The van der Waals surface area contributed by atoms with Crippen molar-refractivity contribution in [1.82, 2.24) is 0 Å². The highest BCUT2D eigenvalue weighted by Crippen LogP contribution is 2.29. The number of halogens is 3. The normalized spacial score (nSPS) is 12.0. The molecule has 0 unspecified atom stereocenters. The van der Waals surface area contributed by atoms with Gasteiger partial charge in [0, 0.05) is 0 Å². The molecule has 0 fully saturated rings. The van der Waals surface area contributed by atoms with Crippen molar-refractivity contribution in [2.45, 2.75) is 19.2 Å². The van der Waals surface area contributed by atoms with E-state index in [1.54, 1.807) is 6.08 Å². The molecule has 0 aliphatic carbocycles. The molecule has 0 saturated heterocycles. The van der Waals surface area contributed by atoms with Gasteiger partial charge in [-0.15, -0.1) is 0 Å². The summed E-state index contributed by atoms with van der Waals surface area (Å²) in [5.74, 6) is 0. The topological polar surface area (TPSA) is 9.23 Å². The molecule has 0 aromatic heterocycles. The molecule has 2 aromatic carbocycles. The van der Waals surface area contributed by atoms with Gasteiger partial charge in [0.2, 0.25) is 0 Å². The molecule has 0 radical (unpaired) electrons. The van der Waals surface area contributed by atoms with Crippen molar-refractivity contribution in [3.05, 3.63) is 77.4 Å². The van der Waals surface area contributed by atoms with Crippen LogP contribution >= 0.6 is 0 Å². The molecule has 0 saturated carbocycles. The van der Waals surface area contributed by atoms with Gasteiger partial charge in [0.15, 0.2) is 0 Å². The van der Waals surface area contributed by atoms with Crippen molar-refractivity contribution in [3.63, 3.8) is 0 Å². The molecule has 0 heterocycles. The molecule has 116 valence electrons. The van der Waals surface area contributed by atoms with Gasteiger partial charge in [-0.1, -0.05) is 54.6 Å². The molecule has 2 aromatic rings. The summed E-state index contributed by atoms with van der Waals surface area (Å²) in [6.45, 7) is 1.14. The Balaban J connectivity index is 1.71. The lowest BCUT2D eigenvalue weighted by molar-refractivity contribution is -0.137. The summed E-state index contributed by atoms with van der Waals surface area (Å²) in [4.78, 5) is 0. The van der Waals surface area contributed by atoms with Crippen LogP contribution in [0.4, 0.5) is 13.2 Å². The number of ether oxygens (including phenoxy) is 1. The van der Waals surface area contributed by atoms with Gasteiger partial charge in [-0.2, -0.15) is 13.2 Å². The van der Waals surface area contributed by atoms with Gasteiger partial charge in [-0.3, -0.25) is 0 Å². The minimum Gasteiger partial charge on any atom is -0.376 e. The lowest BCUT2D eigenvalue weighted by Crippen LogP contribution is -2.03. The van der Waals surface area contributed by atoms with Crippen LogP contribution in [0, 0.1) is 0 Å². The van der Waals surface area contributed by atoms with E-state index < -0.39 is 11.7 Å². The predicted molar refractivity (Wildman–Crippen MR) is 81.2 cm³/mol. The Bertz CT molecular complexity index is 586. The number of benzene rings is 2. The van der Waals surface area contributed by atoms with Crippen molar-refractivity contribution in [3.8, 4) is 0 Å². The third kappa shape index (κ3) is 5.37. The van der Waals surface area contributed by atoms with Crippen molar-refractivity contribution in [2.75, 3.05) is 6.61 Å². The second-order valence-corrected chi connectivity index (χ2v) is 4.85. The lowest BCUT2D eigenvalue weighted by atomic mass is 10.1. The fraction of sp³-hybridized carbons (Fsp3) is 0.222. The minimum absolute atomic E-state index is 0.564. The maximum atomic E-state index is 12.4. The van der Waals surface area contributed by atoms with Crippen molar-refractivity contribution < 1.29 is 17.9 Å². The second-order valence-electron chi connectivity index (χ2n) is 4.85. The number of hydrogen-bond acceptors (Lipinski definition) is 1. The zero-order valence-electron chi connectivity index (χ0n) is 12.0. The monoisotopic (exact) mass is 306 g/mol. The standard InChI is InChI=1S/C18H17F3O/c19-18(20,21)17-11-9-15(10-12-17)6-4-5-13-22-14-16-7-2-1-3-8-16/h1-4,6-12H,5,13-14H2. The Morgan fingerprint density at radius 1 is 0.909 bits per heavy atom. The molecule has 0 bridgehead atoms. The quantitative estimate of drug-likeness (QED) is 0.656. The van der Waals surface area contributed by atoms with Gasteiger partial charge >= 0.3 is 6.18 Å². The van der Waals surface area contributed by atoms with Crippen LogP contribution in [0.3, 0.4) is 0 Å². The van der Waals surface area contributed by atoms with Gasteiger partial charge in [0.25, 0.3) is 0 Å². The first-order valence-corrected chi connectivity index (χ1v) is 7.01. The highest BCUT2D eigenvalue weighted by atomic mass is 19.4. The van der Waals surface area contributed by atoms with E-state index >= 15 is 0 Å². The number of alkyl halides is 3. The Morgan fingerprint density at radius 3 is 2.23 bits per heavy atom. The highest BCUT2D eigenvalue weighted by Gasteiger charge is 2.29. The van der Waals surface area contributed by atoms with E-state index in [1.165, 1.54) is 12.1 Å².